The fourth-order valence-electron chi connectivity index (χ4n) is 1.85. The van der Waals surface area contributed by atoms with Crippen LogP contribution in [0.4, 0.5) is 0 Å². The first-order chi connectivity index (χ1) is 12.3. The molecule has 2 aromatic rings. The highest BCUT2D eigenvalue weighted by Crippen LogP contribution is 2.18. The van der Waals surface area contributed by atoms with Crippen LogP contribution in [0.3, 0.4) is 0 Å². The highest BCUT2D eigenvalue weighted by molar-refractivity contribution is 5.32. The van der Waals surface area contributed by atoms with Gasteiger partial charge in [-0.05, 0) is 48.5 Å². The lowest BCUT2D eigenvalue weighted by molar-refractivity contribution is 0.0764. The molecule has 7 heteroatoms. The van der Waals surface area contributed by atoms with Crippen LogP contribution in [-0.4, -0.2) is 26.4 Å². The van der Waals surface area contributed by atoms with Crippen LogP contribution >= 0.6 is 0 Å². The second-order valence-corrected chi connectivity index (χ2v) is 4.64. The van der Waals surface area contributed by atoms with Gasteiger partial charge in [0.1, 0.15) is 36.2 Å². The molecule has 0 saturated heterocycles. The summed E-state index contributed by atoms with van der Waals surface area (Å²) in [6, 6.07) is 13.5. The Labute approximate surface area is 145 Å². The van der Waals surface area contributed by atoms with Gasteiger partial charge in [-0.1, -0.05) is 0 Å². The van der Waals surface area contributed by atoms with Gasteiger partial charge in [0.05, 0.1) is 13.2 Å². The average Bonchev–Trinajstić information content (AvgIpc) is 2.64. The lowest BCUT2D eigenvalue weighted by atomic mass is 10.3. The number of nitrogens with zero attached hydrogens (tertiary/aromatic N) is 2. The summed E-state index contributed by atoms with van der Waals surface area (Å²) in [7, 11) is 0. The van der Waals surface area contributed by atoms with Crippen molar-refractivity contribution in [3.8, 4) is 35.5 Å². The van der Waals surface area contributed by atoms with Gasteiger partial charge in [-0.25, -0.2) is 0 Å². The van der Waals surface area contributed by atoms with Gasteiger partial charge in [-0.2, -0.15) is 0 Å². The van der Waals surface area contributed by atoms with Crippen molar-refractivity contribution in [1.29, 1.82) is 10.5 Å². The molecule has 0 radical (unpaired) electrons. The molecular formula is C18H16N2O5. The minimum absolute atomic E-state index is 0.401. The molecule has 7 nitrogen and oxygen atoms in total. The topological polar surface area (TPSA) is 93.7 Å². The summed E-state index contributed by atoms with van der Waals surface area (Å²) in [4.78, 5) is 0. The quantitative estimate of drug-likeness (QED) is 0.485. The van der Waals surface area contributed by atoms with E-state index in [0.29, 0.717) is 49.4 Å². The summed E-state index contributed by atoms with van der Waals surface area (Å²) in [6.07, 6.45) is 3.21. The standard InChI is InChI=1S/C18H16N2O5/c19-13-24-17-5-1-15(2-6-17)22-11-9-21-10-12-23-16-3-7-18(8-4-16)25-14-20/h1-8H,9-12H2. The number of rotatable bonds is 10. The van der Waals surface area contributed by atoms with Crippen molar-refractivity contribution in [1.82, 2.24) is 0 Å². The molecule has 2 rings (SSSR count). The first-order valence-electron chi connectivity index (χ1n) is 7.47. The van der Waals surface area contributed by atoms with Crippen molar-refractivity contribution < 1.29 is 23.7 Å². The number of hydrogen-bond acceptors (Lipinski definition) is 7. The first kappa shape index (κ1) is 17.9. The summed E-state index contributed by atoms with van der Waals surface area (Å²) >= 11 is 0. The predicted octanol–water partition coefficient (Wildman–Crippen LogP) is 2.88. The highest BCUT2D eigenvalue weighted by Gasteiger charge is 1.98. The molecule has 2 aromatic carbocycles. The Morgan fingerprint density at radius 2 is 0.920 bits per heavy atom. The van der Waals surface area contributed by atoms with Gasteiger partial charge in [0, 0.05) is 0 Å². The third-order valence-corrected chi connectivity index (χ3v) is 2.97. The van der Waals surface area contributed by atoms with E-state index in [0.717, 1.165) is 0 Å². The maximum atomic E-state index is 8.39. The van der Waals surface area contributed by atoms with E-state index in [1.807, 2.05) is 0 Å². The van der Waals surface area contributed by atoms with E-state index in [1.54, 1.807) is 61.0 Å². The molecule has 0 fully saturated rings. The molecule has 0 N–H and O–H groups in total. The van der Waals surface area contributed by atoms with Crippen LogP contribution in [0.1, 0.15) is 0 Å². The van der Waals surface area contributed by atoms with Crippen molar-refractivity contribution in [3.63, 3.8) is 0 Å². The van der Waals surface area contributed by atoms with Gasteiger partial charge in [-0.15, -0.1) is 10.5 Å². The molecule has 0 spiro atoms. The third kappa shape index (κ3) is 6.69. The summed E-state index contributed by atoms with van der Waals surface area (Å²) < 4.78 is 25.8. The van der Waals surface area contributed by atoms with Gasteiger partial charge in [0.2, 0.25) is 0 Å². The van der Waals surface area contributed by atoms with Crippen LogP contribution in [0.5, 0.6) is 23.0 Å². The normalized spacial score (nSPS) is 9.52. The summed E-state index contributed by atoms with van der Waals surface area (Å²) in [5, 5.41) is 16.8. The van der Waals surface area contributed by atoms with E-state index < -0.39 is 0 Å². The van der Waals surface area contributed by atoms with Crippen LogP contribution in [0.25, 0.3) is 0 Å². The first-order valence-corrected chi connectivity index (χ1v) is 7.47. The number of hydrogen-bond donors (Lipinski definition) is 0. The molecule has 0 bridgehead atoms. The number of benzene rings is 2. The molecule has 0 unspecified atom stereocenters. The summed E-state index contributed by atoms with van der Waals surface area (Å²) in [6.45, 7) is 1.65. The maximum Gasteiger partial charge on any atom is 0.292 e. The molecule has 0 aliphatic heterocycles. The zero-order valence-corrected chi connectivity index (χ0v) is 13.4. The monoisotopic (exact) mass is 340 g/mol. The Balaban J connectivity index is 1.54. The number of nitriles is 2. The van der Waals surface area contributed by atoms with Crippen molar-refractivity contribution >= 4 is 0 Å². The summed E-state index contributed by atoms with van der Waals surface area (Å²) in [5.74, 6) is 2.28. The van der Waals surface area contributed by atoms with Crippen molar-refractivity contribution in [2.75, 3.05) is 26.4 Å². The van der Waals surface area contributed by atoms with E-state index in [-0.39, 0.29) is 0 Å². The molecule has 0 saturated carbocycles. The van der Waals surface area contributed by atoms with E-state index >= 15 is 0 Å². The van der Waals surface area contributed by atoms with Crippen LogP contribution in [-0.2, 0) is 4.74 Å². The number of ether oxygens (including phenoxy) is 5. The van der Waals surface area contributed by atoms with Crippen LogP contribution < -0.4 is 18.9 Å². The average molecular weight is 340 g/mol. The lowest BCUT2D eigenvalue weighted by Crippen LogP contribution is -2.12. The van der Waals surface area contributed by atoms with E-state index in [1.165, 1.54) is 0 Å². The molecule has 25 heavy (non-hydrogen) atoms. The zero-order chi connectivity index (χ0) is 17.7. The van der Waals surface area contributed by atoms with Crippen LogP contribution in [0.15, 0.2) is 48.5 Å². The Kier molecular flexibility index (Phi) is 7.44. The second-order valence-electron chi connectivity index (χ2n) is 4.64. The van der Waals surface area contributed by atoms with E-state index in [4.69, 9.17) is 24.7 Å². The molecule has 128 valence electrons. The van der Waals surface area contributed by atoms with Crippen molar-refractivity contribution in [2.45, 2.75) is 0 Å². The van der Waals surface area contributed by atoms with Gasteiger partial charge < -0.3 is 23.7 Å². The van der Waals surface area contributed by atoms with Gasteiger partial charge in [-0.3, -0.25) is 0 Å². The summed E-state index contributed by atoms with van der Waals surface area (Å²) in [5.41, 5.74) is 0. The second kappa shape index (κ2) is 10.4. The van der Waals surface area contributed by atoms with Gasteiger partial charge in [0.25, 0.3) is 12.5 Å². The van der Waals surface area contributed by atoms with E-state index in [9.17, 15) is 0 Å². The predicted molar refractivity (Wildman–Crippen MR) is 87.2 cm³/mol. The van der Waals surface area contributed by atoms with Crippen molar-refractivity contribution in [3.05, 3.63) is 48.5 Å². The van der Waals surface area contributed by atoms with Crippen LogP contribution in [0.2, 0.25) is 0 Å². The lowest BCUT2D eigenvalue weighted by Gasteiger charge is -2.09. The molecule has 0 aromatic heterocycles. The smallest absolute Gasteiger partial charge is 0.292 e. The Hall–Kier alpha value is -3.42. The molecule has 0 aliphatic carbocycles. The molecule has 0 aliphatic rings. The Morgan fingerprint density at radius 1 is 0.560 bits per heavy atom. The van der Waals surface area contributed by atoms with Gasteiger partial charge in [0.15, 0.2) is 0 Å². The third-order valence-electron chi connectivity index (χ3n) is 2.97. The fourth-order valence-corrected chi connectivity index (χ4v) is 1.85. The van der Waals surface area contributed by atoms with Gasteiger partial charge >= 0.3 is 0 Å². The highest BCUT2D eigenvalue weighted by atomic mass is 16.5. The minimum Gasteiger partial charge on any atom is -0.491 e. The maximum absolute atomic E-state index is 8.39. The van der Waals surface area contributed by atoms with Crippen LogP contribution in [0, 0.1) is 23.0 Å². The largest absolute Gasteiger partial charge is 0.491 e. The van der Waals surface area contributed by atoms with Crippen molar-refractivity contribution in [2.24, 2.45) is 0 Å². The zero-order valence-electron chi connectivity index (χ0n) is 13.4. The van der Waals surface area contributed by atoms with E-state index in [2.05, 4.69) is 9.47 Å². The molecular weight excluding hydrogens is 324 g/mol. The minimum atomic E-state index is 0.401. The molecule has 0 heterocycles. The molecule has 0 atom stereocenters. The Morgan fingerprint density at radius 3 is 1.28 bits per heavy atom. The Bertz CT molecular complexity index is 654. The molecule has 0 amide bonds. The fraction of sp³-hybridized carbons (Fsp3) is 0.222. The SMILES string of the molecule is N#COc1ccc(OCCOCCOc2ccc(OC#N)cc2)cc1.